The van der Waals surface area contributed by atoms with Crippen LogP contribution in [-0.2, 0) is 10.1 Å². The van der Waals surface area contributed by atoms with Gasteiger partial charge < -0.3 is 5.11 Å². The average Bonchev–Trinajstić information content (AvgIpc) is 2.30. The Labute approximate surface area is 69.5 Å². The van der Waals surface area contributed by atoms with Crippen LogP contribution in [-0.4, -0.2) is 41.0 Å². The van der Waals surface area contributed by atoms with E-state index in [4.69, 9.17) is 9.66 Å². The molecule has 1 unspecified atom stereocenters. The normalized spacial score (nSPS) is 24.4. The first-order valence-electron chi connectivity index (χ1n) is 3.39. The number of rotatable bonds is 1. The van der Waals surface area contributed by atoms with Gasteiger partial charge in [-0.2, -0.15) is 8.42 Å². The molecule has 1 aliphatic rings. The fraction of sp³-hybridized carbons (Fsp3) is 0.800. The van der Waals surface area contributed by atoms with Gasteiger partial charge in [0.25, 0.3) is 10.1 Å². The number of carbonyl (C=O) groups is 1. The first-order valence-corrected chi connectivity index (χ1v) is 4.89. The third kappa shape index (κ3) is 1.67. The lowest BCUT2D eigenvalue weighted by molar-refractivity contribution is 0.149. The van der Waals surface area contributed by atoms with E-state index in [1.165, 1.54) is 0 Å². The summed E-state index contributed by atoms with van der Waals surface area (Å²) in [5.74, 6) is 0. The number of carboxylic acid groups (broad SMARTS) is 1. The topological polar surface area (TPSA) is 94.9 Å². The molecule has 0 bridgehead atoms. The van der Waals surface area contributed by atoms with Crippen molar-refractivity contribution in [1.82, 2.24) is 4.90 Å². The maximum Gasteiger partial charge on any atom is 0.408 e. The zero-order valence-corrected chi connectivity index (χ0v) is 6.99. The summed E-state index contributed by atoms with van der Waals surface area (Å²) in [6.07, 6.45) is -0.669. The van der Waals surface area contributed by atoms with E-state index in [2.05, 4.69) is 0 Å². The van der Waals surface area contributed by atoms with Crippen molar-refractivity contribution in [3.63, 3.8) is 0 Å². The monoisotopic (exact) mass is 195 g/mol. The molecule has 1 saturated heterocycles. The molecule has 0 radical (unpaired) electrons. The minimum Gasteiger partial charge on any atom is -0.465 e. The summed E-state index contributed by atoms with van der Waals surface area (Å²) in [4.78, 5) is 11.1. The molecule has 1 aliphatic heterocycles. The molecule has 2 N–H and O–H groups in total. The van der Waals surface area contributed by atoms with Crippen molar-refractivity contribution < 1.29 is 22.9 Å². The quantitative estimate of drug-likeness (QED) is 0.573. The Bertz CT molecular complexity index is 284. The van der Waals surface area contributed by atoms with Crippen molar-refractivity contribution in [1.29, 1.82) is 0 Å². The van der Waals surface area contributed by atoms with Crippen molar-refractivity contribution in [2.75, 3.05) is 6.54 Å². The zero-order valence-electron chi connectivity index (χ0n) is 6.17. The molecule has 0 spiro atoms. The highest BCUT2D eigenvalue weighted by Gasteiger charge is 2.37. The number of nitrogens with zero attached hydrogens (tertiary/aromatic N) is 1. The highest BCUT2D eigenvalue weighted by Crippen LogP contribution is 2.20. The first kappa shape index (κ1) is 9.27. The van der Waals surface area contributed by atoms with Crippen LogP contribution < -0.4 is 0 Å². The second-order valence-corrected chi connectivity index (χ2v) is 4.16. The van der Waals surface area contributed by atoms with Crippen LogP contribution in [0.1, 0.15) is 12.8 Å². The molecule has 70 valence electrons. The Hall–Kier alpha value is -0.820. The fourth-order valence-corrected chi connectivity index (χ4v) is 2.25. The van der Waals surface area contributed by atoms with E-state index in [-0.39, 0.29) is 13.0 Å². The van der Waals surface area contributed by atoms with Crippen LogP contribution in [0.5, 0.6) is 0 Å². The van der Waals surface area contributed by atoms with Crippen molar-refractivity contribution in [2.45, 2.75) is 18.2 Å². The molecular weight excluding hydrogens is 186 g/mol. The van der Waals surface area contributed by atoms with Crippen LogP contribution in [0, 0.1) is 0 Å². The summed E-state index contributed by atoms with van der Waals surface area (Å²) < 4.78 is 29.8. The van der Waals surface area contributed by atoms with Gasteiger partial charge in [-0.3, -0.25) is 9.45 Å². The van der Waals surface area contributed by atoms with E-state index in [0.717, 1.165) is 4.90 Å². The molecule has 0 aromatic heterocycles. The zero-order chi connectivity index (χ0) is 9.35. The predicted octanol–water partition coefficient (Wildman–Crippen LogP) is -0.0259. The number of likely N-dealkylation sites (tertiary alicyclic amines) is 1. The largest absolute Gasteiger partial charge is 0.465 e. The second kappa shape index (κ2) is 2.91. The van der Waals surface area contributed by atoms with E-state index >= 15 is 0 Å². The highest BCUT2D eigenvalue weighted by atomic mass is 32.2. The summed E-state index contributed by atoms with van der Waals surface area (Å²) in [5, 5.41) is 7.23. The third-order valence-corrected chi connectivity index (χ3v) is 2.97. The molecule has 7 heteroatoms. The Morgan fingerprint density at radius 1 is 1.50 bits per heavy atom. The lowest BCUT2D eigenvalue weighted by Gasteiger charge is -2.17. The summed E-state index contributed by atoms with van der Waals surface area (Å²) >= 11 is 0. The van der Waals surface area contributed by atoms with E-state index in [1.807, 2.05) is 0 Å². The summed E-state index contributed by atoms with van der Waals surface area (Å²) in [5.41, 5.74) is 0. The molecule has 1 heterocycles. The van der Waals surface area contributed by atoms with Crippen molar-refractivity contribution >= 4 is 16.2 Å². The molecule has 1 fully saturated rings. The molecule has 1 amide bonds. The lowest BCUT2D eigenvalue weighted by Crippen LogP contribution is -2.39. The van der Waals surface area contributed by atoms with Crippen LogP contribution in [0.4, 0.5) is 4.79 Å². The van der Waals surface area contributed by atoms with Crippen LogP contribution in [0.3, 0.4) is 0 Å². The number of hydrogen-bond acceptors (Lipinski definition) is 3. The van der Waals surface area contributed by atoms with E-state index in [9.17, 15) is 13.2 Å². The molecular formula is C5H9NO5S. The van der Waals surface area contributed by atoms with Crippen LogP contribution in [0.25, 0.3) is 0 Å². The maximum absolute atomic E-state index is 10.6. The van der Waals surface area contributed by atoms with Gasteiger partial charge >= 0.3 is 6.09 Å². The molecule has 6 nitrogen and oxygen atoms in total. The first-order chi connectivity index (χ1) is 5.43. The minimum atomic E-state index is -4.25. The van der Waals surface area contributed by atoms with Crippen LogP contribution in [0.15, 0.2) is 0 Å². The van der Waals surface area contributed by atoms with Gasteiger partial charge in [0.2, 0.25) is 0 Å². The summed E-state index contributed by atoms with van der Waals surface area (Å²) in [7, 11) is -4.25. The molecule has 0 aliphatic carbocycles. The molecule has 0 saturated carbocycles. The fourth-order valence-electron chi connectivity index (χ4n) is 1.26. The van der Waals surface area contributed by atoms with Gasteiger partial charge in [-0.25, -0.2) is 4.79 Å². The summed E-state index contributed by atoms with van der Waals surface area (Å²) in [6, 6.07) is 0. The Kier molecular flexibility index (Phi) is 2.25. The molecule has 0 aromatic rings. The number of amides is 1. The van der Waals surface area contributed by atoms with E-state index in [1.54, 1.807) is 0 Å². The van der Waals surface area contributed by atoms with Gasteiger partial charge in [0.05, 0.1) is 0 Å². The third-order valence-electron chi connectivity index (χ3n) is 1.79. The summed E-state index contributed by atoms with van der Waals surface area (Å²) in [6.45, 7) is 0.166. The van der Waals surface area contributed by atoms with E-state index in [0.29, 0.717) is 6.42 Å². The van der Waals surface area contributed by atoms with Crippen molar-refractivity contribution in [3.05, 3.63) is 0 Å². The van der Waals surface area contributed by atoms with Crippen LogP contribution >= 0.6 is 0 Å². The standard InChI is InChI=1S/C5H9NO5S/c7-5(8)6-3-1-2-4(6)12(9,10)11/h4H,1-3H2,(H,7,8)(H,9,10,11). The predicted molar refractivity (Wildman–Crippen MR) is 39.3 cm³/mol. The Morgan fingerprint density at radius 3 is 2.42 bits per heavy atom. The number of hydrogen-bond donors (Lipinski definition) is 2. The van der Waals surface area contributed by atoms with Gasteiger partial charge in [-0.15, -0.1) is 0 Å². The molecule has 0 aromatic carbocycles. The van der Waals surface area contributed by atoms with Gasteiger partial charge in [0, 0.05) is 6.54 Å². The smallest absolute Gasteiger partial charge is 0.408 e. The van der Waals surface area contributed by atoms with Gasteiger partial charge in [-0.1, -0.05) is 0 Å². The SMILES string of the molecule is O=C(O)N1CCCC1S(=O)(=O)O. The average molecular weight is 195 g/mol. The second-order valence-electron chi connectivity index (χ2n) is 2.59. The van der Waals surface area contributed by atoms with Gasteiger partial charge in [0.1, 0.15) is 0 Å². The minimum absolute atomic E-state index is 0.166. The van der Waals surface area contributed by atoms with Crippen molar-refractivity contribution in [2.24, 2.45) is 0 Å². The Balaban J connectivity index is 2.85. The molecule has 1 atom stereocenters. The van der Waals surface area contributed by atoms with Crippen LogP contribution in [0.2, 0.25) is 0 Å². The lowest BCUT2D eigenvalue weighted by atomic mass is 10.4. The molecule has 1 rings (SSSR count). The van der Waals surface area contributed by atoms with Gasteiger partial charge in [0.15, 0.2) is 5.37 Å². The van der Waals surface area contributed by atoms with E-state index < -0.39 is 21.6 Å². The maximum atomic E-state index is 10.6. The Morgan fingerprint density at radius 2 is 2.08 bits per heavy atom. The van der Waals surface area contributed by atoms with Crippen molar-refractivity contribution in [3.8, 4) is 0 Å². The molecule has 12 heavy (non-hydrogen) atoms. The highest BCUT2D eigenvalue weighted by molar-refractivity contribution is 7.86. The van der Waals surface area contributed by atoms with Gasteiger partial charge in [-0.05, 0) is 12.8 Å².